The summed E-state index contributed by atoms with van der Waals surface area (Å²) in [5.74, 6) is 0.490. The fraction of sp³-hybridized carbons (Fsp3) is 0. The maximum atomic E-state index is 12.1. The number of rotatable bonds is 3. The molecule has 2 aromatic carbocycles. The van der Waals surface area contributed by atoms with E-state index in [2.05, 4.69) is 5.32 Å². The average Bonchev–Trinajstić information content (AvgIpc) is 3.00. The molecule has 0 unspecified atom stereocenters. The van der Waals surface area contributed by atoms with Crippen molar-refractivity contribution in [1.29, 1.82) is 0 Å². The maximum absolute atomic E-state index is 12.1. The number of nitrogens with one attached hydrogen (secondary N) is 1. The molecule has 3 nitrogen and oxygen atoms in total. The van der Waals surface area contributed by atoms with E-state index in [9.17, 15) is 4.79 Å². The lowest BCUT2D eigenvalue weighted by Gasteiger charge is -2.03. The number of hydrogen-bond donors (Lipinski definition) is 1. The Hall–Kier alpha value is -2.23. The molecule has 0 aliphatic carbocycles. The minimum Gasteiger partial charge on any atom is -0.451 e. The molecule has 1 aromatic heterocycles. The van der Waals surface area contributed by atoms with Gasteiger partial charge in [0.05, 0.1) is 0 Å². The molecule has 0 fully saturated rings. The van der Waals surface area contributed by atoms with Crippen LogP contribution in [0.15, 0.2) is 65.1 Å². The highest BCUT2D eigenvalue weighted by Gasteiger charge is 2.12. The molecule has 5 heteroatoms. The third-order valence-corrected chi connectivity index (χ3v) is 3.53. The molecule has 0 aliphatic rings. The van der Waals surface area contributed by atoms with Crippen LogP contribution >= 0.6 is 23.2 Å². The molecule has 22 heavy (non-hydrogen) atoms. The van der Waals surface area contributed by atoms with Gasteiger partial charge in [0, 0.05) is 21.3 Å². The number of hydrogen-bond acceptors (Lipinski definition) is 2. The lowest BCUT2D eigenvalue weighted by molar-refractivity contribution is 0.0997. The van der Waals surface area contributed by atoms with Crippen LogP contribution in [0.25, 0.3) is 11.3 Å². The molecule has 0 aliphatic heterocycles. The highest BCUT2D eigenvalue weighted by atomic mass is 35.5. The van der Waals surface area contributed by atoms with Gasteiger partial charge in [0.2, 0.25) is 0 Å². The van der Waals surface area contributed by atoms with E-state index < -0.39 is 0 Å². The second-order valence-corrected chi connectivity index (χ2v) is 5.51. The molecular formula is C17H11Cl2NO2. The van der Waals surface area contributed by atoms with E-state index in [-0.39, 0.29) is 11.7 Å². The van der Waals surface area contributed by atoms with Gasteiger partial charge in [0.1, 0.15) is 5.76 Å². The number of halogens is 2. The van der Waals surface area contributed by atoms with Crippen LogP contribution in [0.4, 0.5) is 5.69 Å². The van der Waals surface area contributed by atoms with Crippen molar-refractivity contribution >= 4 is 34.8 Å². The van der Waals surface area contributed by atoms with Crippen LogP contribution in [0, 0.1) is 0 Å². The largest absolute Gasteiger partial charge is 0.451 e. The second-order valence-electron chi connectivity index (χ2n) is 4.64. The summed E-state index contributed by atoms with van der Waals surface area (Å²) >= 11 is 11.8. The molecular weight excluding hydrogens is 321 g/mol. The minimum atomic E-state index is -0.324. The van der Waals surface area contributed by atoms with Crippen LogP contribution in [-0.4, -0.2) is 5.91 Å². The molecule has 0 saturated carbocycles. The fourth-order valence-electron chi connectivity index (χ4n) is 1.98. The third-order valence-electron chi connectivity index (χ3n) is 3.04. The predicted molar refractivity (Wildman–Crippen MR) is 88.6 cm³/mol. The monoisotopic (exact) mass is 331 g/mol. The number of furan rings is 1. The van der Waals surface area contributed by atoms with Gasteiger partial charge in [-0.1, -0.05) is 35.3 Å². The summed E-state index contributed by atoms with van der Waals surface area (Å²) < 4.78 is 5.59. The summed E-state index contributed by atoms with van der Waals surface area (Å²) in [6, 6.07) is 17.5. The SMILES string of the molecule is O=C(Nc1ccc(Cl)cc1)c1ccc(-c2cccc(Cl)c2)o1. The van der Waals surface area contributed by atoms with Crippen molar-refractivity contribution in [2.24, 2.45) is 0 Å². The highest BCUT2D eigenvalue weighted by molar-refractivity contribution is 6.31. The lowest BCUT2D eigenvalue weighted by atomic mass is 10.2. The molecule has 1 N–H and O–H groups in total. The lowest BCUT2D eigenvalue weighted by Crippen LogP contribution is -2.10. The topological polar surface area (TPSA) is 42.2 Å². The smallest absolute Gasteiger partial charge is 0.291 e. The van der Waals surface area contributed by atoms with Gasteiger partial charge in [-0.3, -0.25) is 4.79 Å². The molecule has 0 saturated heterocycles. The molecule has 1 heterocycles. The van der Waals surface area contributed by atoms with Crippen molar-refractivity contribution in [3.63, 3.8) is 0 Å². The first-order chi connectivity index (χ1) is 10.6. The van der Waals surface area contributed by atoms with Gasteiger partial charge in [0.25, 0.3) is 5.91 Å². The summed E-state index contributed by atoms with van der Waals surface area (Å²) in [5, 5.41) is 3.97. The number of carbonyl (C=O) groups is 1. The zero-order chi connectivity index (χ0) is 15.5. The van der Waals surface area contributed by atoms with Crippen LogP contribution in [0.3, 0.4) is 0 Å². The number of anilines is 1. The zero-order valence-corrected chi connectivity index (χ0v) is 12.9. The Kier molecular flexibility index (Phi) is 4.18. The maximum Gasteiger partial charge on any atom is 0.291 e. The Morgan fingerprint density at radius 1 is 0.909 bits per heavy atom. The Morgan fingerprint density at radius 3 is 2.41 bits per heavy atom. The fourth-order valence-corrected chi connectivity index (χ4v) is 2.30. The van der Waals surface area contributed by atoms with E-state index in [0.29, 0.717) is 21.5 Å². The summed E-state index contributed by atoms with van der Waals surface area (Å²) in [7, 11) is 0. The molecule has 0 atom stereocenters. The summed E-state index contributed by atoms with van der Waals surface area (Å²) in [6.45, 7) is 0. The van der Waals surface area contributed by atoms with E-state index in [1.54, 1.807) is 48.5 Å². The molecule has 0 radical (unpaired) electrons. The van der Waals surface area contributed by atoms with E-state index in [1.165, 1.54) is 0 Å². The Balaban J connectivity index is 1.78. The van der Waals surface area contributed by atoms with Crippen LogP contribution in [0.2, 0.25) is 10.0 Å². The van der Waals surface area contributed by atoms with Crippen LogP contribution in [0.1, 0.15) is 10.6 Å². The van der Waals surface area contributed by atoms with Crippen LogP contribution < -0.4 is 5.32 Å². The second kappa shape index (κ2) is 6.26. The van der Waals surface area contributed by atoms with Gasteiger partial charge in [-0.25, -0.2) is 0 Å². The minimum absolute atomic E-state index is 0.227. The Labute approximate surface area is 137 Å². The Bertz CT molecular complexity index is 810. The average molecular weight is 332 g/mol. The number of amides is 1. The van der Waals surface area contributed by atoms with Crippen LogP contribution in [-0.2, 0) is 0 Å². The van der Waals surface area contributed by atoms with Gasteiger partial charge in [-0.15, -0.1) is 0 Å². The number of carbonyl (C=O) groups excluding carboxylic acids is 1. The molecule has 110 valence electrons. The Morgan fingerprint density at radius 2 is 1.68 bits per heavy atom. The summed E-state index contributed by atoms with van der Waals surface area (Å²) in [6.07, 6.45) is 0. The van der Waals surface area contributed by atoms with Crippen molar-refractivity contribution in [3.05, 3.63) is 76.5 Å². The summed E-state index contributed by atoms with van der Waals surface area (Å²) in [5.41, 5.74) is 1.47. The normalized spacial score (nSPS) is 10.5. The van der Waals surface area contributed by atoms with Crippen molar-refractivity contribution in [2.75, 3.05) is 5.32 Å². The molecule has 0 bridgehead atoms. The summed E-state index contributed by atoms with van der Waals surface area (Å²) in [4.78, 5) is 12.1. The highest BCUT2D eigenvalue weighted by Crippen LogP contribution is 2.25. The van der Waals surface area contributed by atoms with E-state index >= 15 is 0 Å². The van der Waals surface area contributed by atoms with Gasteiger partial charge in [-0.2, -0.15) is 0 Å². The predicted octanol–water partition coefficient (Wildman–Crippen LogP) is 5.51. The first-order valence-corrected chi connectivity index (χ1v) is 7.30. The standard InChI is InChI=1S/C17H11Cl2NO2/c18-12-4-6-14(7-5-12)20-17(21)16-9-8-15(22-16)11-2-1-3-13(19)10-11/h1-10H,(H,20,21). The van der Waals surface area contributed by atoms with Gasteiger partial charge in [0.15, 0.2) is 5.76 Å². The van der Waals surface area contributed by atoms with Crippen molar-refractivity contribution in [1.82, 2.24) is 0 Å². The van der Waals surface area contributed by atoms with E-state index in [1.807, 2.05) is 12.1 Å². The quantitative estimate of drug-likeness (QED) is 0.687. The zero-order valence-electron chi connectivity index (χ0n) is 11.3. The van der Waals surface area contributed by atoms with Gasteiger partial charge in [-0.05, 0) is 48.5 Å². The molecule has 3 aromatic rings. The van der Waals surface area contributed by atoms with Gasteiger partial charge >= 0.3 is 0 Å². The van der Waals surface area contributed by atoms with Crippen molar-refractivity contribution in [2.45, 2.75) is 0 Å². The van der Waals surface area contributed by atoms with Crippen molar-refractivity contribution in [3.8, 4) is 11.3 Å². The van der Waals surface area contributed by atoms with Gasteiger partial charge < -0.3 is 9.73 Å². The van der Waals surface area contributed by atoms with E-state index in [4.69, 9.17) is 27.6 Å². The molecule has 0 spiro atoms. The van der Waals surface area contributed by atoms with E-state index in [0.717, 1.165) is 5.56 Å². The number of benzene rings is 2. The van der Waals surface area contributed by atoms with Crippen molar-refractivity contribution < 1.29 is 9.21 Å². The first-order valence-electron chi connectivity index (χ1n) is 6.54. The molecule has 3 rings (SSSR count). The van der Waals surface area contributed by atoms with Crippen LogP contribution in [0.5, 0.6) is 0 Å². The third kappa shape index (κ3) is 3.32. The first kappa shape index (κ1) is 14.7. The molecule has 1 amide bonds.